The van der Waals surface area contributed by atoms with Gasteiger partial charge in [-0.15, -0.1) is 11.6 Å². The van der Waals surface area contributed by atoms with Gasteiger partial charge in [-0.3, -0.25) is 0 Å². The molecule has 0 radical (unpaired) electrons. The summed E-state index contributed by atoms with van der Waals surface area (Å²) in [5, 5.41) is 20.4. The van der Waals surface area contributed by atoms with Crippen LogP contribution in [0.3, 0.4) is 0 Å². The van der Waals surface area contributed by atoms with Gasteiger partial charge in [0, 0.05) is 22.7 Å². The summed E-state index contributed by atoms with van der Waals surface area (Å²) in [4.78, 5) is 3.06. The van der Waals surface area contributed by atoms with Crippen molar-refractivity contribution in [3.8, 4) is 0 Å². The Morgan fingerprint density at radius 3 is 2.81 bits per heavy atom. The molecule has 2 unspecified atom stereocenters. The Hall–Kier alpha value is -1.03. The number of hydrogen-bond acceptors (Lipinski definition) is 2. The zero-order valence-electron chi connectivity index (χ0n) is 8.94. The molecule has 0 aliphatic rings. The quantitative estimate of drug-likeness (QED) is 0.719. The van der Waals surface area contributed by atoms with Gasteiger partial charge < -0.3 is 15.2 Å². The molecule has 2 rings (SSSR count). The van der Waals surface area contributed by atoms with Crippen molar-refractivity contribution in [2.24, 2.45) is 0 Å². The maximum Gasteiger partial charge on any atom is 0.108 e. The van der Waals surface area contributed by atoms with E-state index in [-0.39, 0.29) is 5.88 Å². The average molecular weight is 240 g/mol. The lowest BCUT2D eigenvalue weighted by Crippen LogP contribution is -2.19. The molecule has 16 heavy (non-hydrogen) atoms. The van der Waals surface area contributed by atoms with Crippen molar-refractivity contribution >= 4 is 22.5 Å². The topological polar surface area (TPSA) is 56.2 Å². The lowest BCUT2D eigenvalue weighted by atomic mass is 10.0. The van der Waals surface area contributed by atoms with Gasteiger partial charge in [0.1, 0.15) is 6.10 Å². The smallest absolute Gasteiger partial charge is 0.108 e. The number of benzene rings is 1. The first-order chi connectivity index (χ1) is 7.63. The third kappa shape index (κ3) is 1.94. The van der Waals surface area contributed by atoms with Crippen molar-refractivity contribution in [2.75, 3.05) is 5.88 Å². The lowest BCUT2D eigenvalue weighted by Gasteiger charge is -2.14. The van der Waals surface area contributed by atoms with E-state index >= 15 is 0 Å². The highest BCUT2D eigenvalue weighted by molar-refractivity contribution is 6.18. The van der Waals surface area contributed by atoms with Crippen LogP contribution >= 0.6 is 11.6 Å². The fourth-order valence-electron chi connectivity index (χ4n) is 1.79. The van der Waals surface area contributed by atoms with Crippen molar-refractivity contribution < 1.29 is 10.2 Å². The van der Waals surface area contributed by atoms with E-state index in [2.05, 4.69) is 4.98 Å². The minimum absolute atomic E-state index is 0.0135. The van der Waals surface area contributed by atoms with Crippen LogP contribution in [0.1, 0.15) is 17.2 Å². The number of rotatable bonds is 3. The van der Waals surface area contributed by atoms with Crippen LogP contribution in [0, 0.1) is 6.92 Å². The predicted octanol–water partition coefficient (Wildman–Crippen LogP) is 2.11. The van der Waals surface area contributed by atoms with Crippen LogP contribution in [0.5, 0.6) is 0 Å². The zero-order valence-corrected chi connectivity index (χ0v) is 9.70. The molecular weight excluding hydrogens is 226 g/mol. The number of alkyl halides is 1. The minimum Gasteiger partial charge on any atom is -0.389 e. The van der Waals surface area contributed by atoms with Gasteiger partial charge in [0.05, 0.1) is 12.0 Å². The Morgan fingerprint density at radius 1 is 1.38 bits per heavy atom. The SMILES string of the molecule is Cc1ccc2[nH]cc(C(O)C(O)CCl)c2c1. The standard InChI is InChI=1S/C12H14ClNO2/c1-7-2-3-10-8(4-7)9(6-14-10)12(16)11(15)5-13/h2-4,6,11-12,14-16H,5H2,1H3. The van der Waals surface area contributed by atoms with Crippen LogP contribution in [0.4, 0.5) is 0 Å². The van der Waals surface area contributed by atoms with Crippen molar-refractivity contribution in [3.05, 3.63) is 35.5 Å². The highest BCUT2D eigenvalue weighted by atomic mass is 35.5. The summed E-state index contributed by atoms with van der Waals surface area (Å²) < 4.78 is 0. The molecule has 0 saturated heterocycles. The molecule has 0 spiro atoms. The number of halogens is 1. The summed E-state index contributed by atoms with van der Waals surface area (Å²) in [5.74, 6) is 0.0135. The van der Waals surface area contributed by atoms with Crippen LogP contribution < -0.4 is 0 Å². The Balaban J connectivity index is 2.48. The van der Waals surface area contributed by atoms with Crippen molar-refractivity contribution in [2.45, 2.75) is 19.1 Å². The molecule has 2 aromatic rings. The molecule has 0 aliphatic heterocycles. The largest absolute Gasteiger partial charge is 0.389 e. The molecule has 0 fully saturated rings. The van der Waals surface area contributed by atoms with Gasteiger partial charge in [0.25, 0.3) is 0 Å². The molecule has 4 heteroatoms. The molecule has 1 aromatic carbocycles. The van der Waals surface area contributed by atoms with E-state index in [1.54, 1.807) is 6.20 Å². The van der Waals surface area contributed by atoms with E-state index in [1.165, 1.54) is 0 Å². The molecule has 1 aromatic heterocycles. The van der Waals surface area contributed by atoms with Crippen molar-refractivity contribution in [1.29, 1.82) is 0 Å². The van der Waals surface area contributed by atoms with Gasteiger partial charge >= 0.3 is 0 Å². The Morgan fingerprint density at radius 2 is 2.12 bits per heavy atom. The zero-order chi connectivity index (χ0) is 11.7. The molecule has 0 amide bonds. The van der Waals surface area contributed by atoms with Gasteiger partial charge in [-0.25, -0.2) is 0 Å². The third-order valence-corrected chi connectivity index (χ3v) is 3.03. The van der Waals surface area contributed by atoms with Crippen LogP contribution in [0.2, 0.25) is 0 Å². The van der Waals surface area contributed by atoms with E-state index in [4.69, 9.17) is 11.6 Å². The minimum atomic E-state index is -0.951. The summed E-state index contributed by atoms with van der Waals surface area (Å²) in [6, 6.07) is 5.92. The second-order valence-corrected chi connectivity index (χ2v) is 4.27. The fraction of sp³-hybridized carbons (Fsp3) is 0.333. The van der Waals surface area contributed by atoms with E-state index in [9.17, 15) is 10.2 Å². The molecule has 0 bridgehead atoms. The number of aromatic amines is 1. The van der Waals surface area contributed by atoms with Crippen LogP contribution in [0.25, 0.3) is 10.9 Å². The summed E-state index contributed by atoms with van der Waals surface area (Å²) in [7, 11) is 0. The van der Waals surface area contributed by atoms with Gasteiger partial charge in [-0.2, -0.15) is 0 Å². The highest BCUT2D eigenvalue weighted by Crippen LogP contribution is 2.27. The summed E-state index contributed by atoms with van der Waals surface area (Å²) >= 11 is 5.53. The van der Waals surface area contributed by atoms with Gasteiger partial charge in [-0.1, -0.05) is 11.6 Å². The maximum absolute atomic E-state index is 9.91. The monoisotopic (exact) mass is 239 g/mol. The Bertz CT molecular complexity index is 495. The third-order valence-electron chi connectivity index (χ3n) is 2.71. The van der Waals surface area contributed by atoms with E-state index in [1.807, 2.05) is 25.1 Å². The summed E-state index contributed by atoms with van der Waals surface area (Å²) in [6.07, 6.45) is -0.181. The van der Waals surface area contributed by atoms with E-state index in [0.29, 0.717) is 5.56 Å². The van der Waals surface area contributed by atoms with Crippen LogP contribution in [0.15, 0.2) is 24.4 Å². The predicted molar refractivity (Wildman–Crippen MR) is 64.7 cm³/mol. The van der Waals surface area contributed by atoms with Crippen molar-refractivity contribution in [3.63, 3.8) is 0 Å². The Labute approximate surface area is 98.7 Å². The average Bonchev–Trinajstić information content (AvgIpc) is 2.69. The number of aliphatic hydroxyl groups is 2. The maximum atomic E-state index is 9.91. The second kappa shape index (κ2) is 4.45. The van der Waals surface area contributed by atoms with Gasteiger partial charge in [0.2, 0.25) is 0 Å². The molecular formula is C12H14ClNO2. The molecule has 0 saturated carbocycles. The number of aliphatic hydroxyl groups excluding tert-OH is 2. The number of H-pyrrole nitrogens is 1. The highest BCUT2D eigenvalue weighted by Gasteiger charge is 2.20. The fourth-order valence-corrected chi connectivity index (χ4v) is 1.96. The van der Waals surface area contributed by atoms with Gasteiger partial charge in [-0.05, 0) is 19.1 Å². The van der Waals surface area contributed by atoms with Gasteiger partial charge in [0.15, 0.2) is 0 Å². The summed E-state index contributed by atoms with van der Waals surface area (Å²) in [6.45, 7) is 1.99. The number of fused-ring (bicyclic) bond motifs is 1. The molecule has 0 aliphatic carbocycles. The number of aryl methyl sites for hydroxylation is 1. The first kappa shape index (κ1) is 11.5. The van der Waals surface area contributed by atoms with E-state index in [0.717, 1.165) is 16.5 Å². The molecule has 2 atom stereocenters. The second-order valence-electron chi connectivity index (χ2n) is 3.96. The van der Waals surface area contributed by atoms with E-state index < -0.39 is 12.2 Å². The molecule has 3 nitrogen and oxygen atoms in total. The number of aromatic nitrogens is 1. The first-order valence-electron chi connectivity index (χ1n) is 5.13. The molecule has 86 valence electrons. The summed E-state index contributed by atoms with van der Waals surface area (Å²) in [5.41, 5.74) is 2.74. The van der Waals surface area contributed by atoms with Crippen LogP contribution in [-0.4, -0.2) is 27.2 Å². The number of nitrogens with one attached hydrogen (secondary N) is 1. The van der Waals surface area contributed by atoms with Crippen molar-refractivity contribution in [1.82, 2.24) is 4.98 Å². The lowest BCUT2D eigenvalue weighted by molar-refractivity contribution is 0.0336. The number of hydrogen-bond donors (Lipinski definition) is 3. The molecule has 3 N–H and O–H groups in total. The van der Waals surface area contributed by atoms with Crippen LogP contribution in [-0.2, 0) is 0 Å². The normalized spacial score (nSPS) is 15.2. The molecule has 1 heterocycles. The first-order valence-corrected chi connectivity index (χ1v) is 5.66. The Kier molecular flexibility index (Phi) is 3.19.